The molecule has 8 nitrogen and oxygen atoms in total. The van der Waals surface area contributed by atoms with Crippen molar-refractivity contribution < 1.29 is 27.8 Å². The van der Waals surface area contributed by atoms with E-state index in [4.69, 9.17) is 10.5 Å². The molecule has 0 saturated carbocycles. The molecule has 0 aromatic heterocycles. The standard InChI is InChI=1S/C21H32F2N4O4/c1-5-26(13-21(2,3)4)16(11-24)19(29)25-15-7-6-14(10-17(15)31-20(22)23)27-8-9-30-12-18(27)28/h6-7,10,16,20H,5,8-9,11-13,24H2,1-4H3,(H,25,29)/t16-/m1/s1. The van der Waals surface area contributed by atoms with Crippen LogP contribution >= 0.6 is 0 Å². The van der Waals surface area contributed by atoms with Gasteiger partial charge in [-0.3, -0.25) is 14.5 Å². The largest absolute Gasteiger partial charge is 0.433 e. The number of carbonyl (C=O) groups is 2. The molecule has 0 unspecified atom stereocenters. The average molecular weight is 443 g/mol. The maximum Gasteiger partial charge on any atom is 0.387 e. The second-order valence-electron chi connectivity index (χ2n) is 8.52. The van der Waals surface area contributed by atoms with Gasteiger partial charge in [0.05, 0.1) is 12.3 Å². The van der Waals surface area contributed by atoms with Crippen LogP contribution < -0.4 is 20.7 Å². The van der Waals surface area contributed by atoms with Crippen LogP contribution in [0.1, 0.15) is 27.7 Å². The number of likely N-dealkylation sites (N-methyl/N-ethyl adjacent to an activating group) is 1. The normalized spacial score (nSPS) is 16.0. The van der Waals surface area contributed by atoms with E-state index >= 15 is 0 Å². The minimum atomic E-state index is -3.09. The molecule has 174 valence electrons. The Kier molecular flexibility index (Phi) is 8.72. The number of alkyl halides is 2. The molecule has 0 spiro atoms. The van der Waals surface area contributed by atoms with Gasteiger partial charge in [0.25, 0.3) is 5.91 Å². The van der Waals surface area contributed by atoms with Gasteiger partial charge in [0.15, 0.2) is 5.75 Å². The van der Waals surface area contributed by atoms with E-state index in [2.05, 4.69) is 30.8 Å². The number of benzene rings is 1. The average Bonchev–Trinajstić information content (AvgIpc) is 2.68. The zero-order valence-electron chi connectivity index (χ0n) is 18.5. The Morgan fingerprint density at radius 3 is 2.65 bits per heavy atom. The summed E-state index contributed by atoms with van der Waals surface area (Å²) < 4.78 is 35.8. The summed E-state index contributed by atoms with van der Waals surface area (Å²) in [7, 11) is 0. The van der Waals surface area contributed by atoms with Crippen LogP contribution in [-0.2, 0) is 14.3 Å². The van der Waals surface area contributed by atoms with E-state index in [9.17, 15) is 18.4 Å². The Morgan fingerprint density at radius 1 is 1.39 bits per heavy atom. The molecule has 2 amide bonds. The lowest BCUT2D eigenvalue weighted by Crippen LogP contribution is -2.51. The van der Waals surface area contributed by atoms with Gasteiger partial charge < -0.3 is 25.4 Å². The highest BCUT2D eigenvalue weighted by Gasteiger charge is 2.28. The first-order valence-electron chi connectivity index (χ1n) is 10.3. The van der Waals surface area contributed by atoms with Crippen LogP contribution in [0.4, 0.5) is 20.2 Å². The second-order valence-corrected chi connectivity index (χ2v) is 8.52. The van der Waals surface area contributed by atoms with Crippen molar-refractivity contribution in [3.8, 4) is 5.75 Å². The van der Waals surface area contributed by atoms with Gasteiger partial charge in [0.1, 0.15) is 12.6 Å². The van der Waals surface area contributed by atoms with Crippen molar-refractivity contribution in [1.29, 1.82) is 0 Å². The van der Waals surface area contributed by atoms with Gasteiger partial charge >= 0.3 is 6.61 Å². The van der Waals surface area contributed by atoms with E-state index < -0.39 is 18.6 Å². The maximum absolute atomic E-state index is 13.0. The van der Waals surface area contributed by atoms with Gasteiger partial charge in [0, 0.05) is 31.4 Å². The summed E-state index contributed by atoms with van der Waals surface area (Å²) in [6, 6.07) is 3.70. The summed E-state index contributed by atoms with van der Waals surface area (Å²) in [5.41, 5.74) is 6.29. The van der Waals surface area contributed by atoms with Crippen molar-refractivity contribution in [1.82, 2.24) is 4.90 Å². The lowest BCUT2D eigenvalue weighted by Gasteiger charge is -2.34. The Morgan fingerprint density at radius 2 is 2.10 bits per heavy atom. The molecule has 1 aromatic carbocycles. The first kappa shape index (κ1) is 25.0. The van der Waals surface area contributed by atoms with Crippen LogP contribution in [0.5, 0.6) is 5.75 Å². The van der Waals surface area contributed by atoms with Gasteiger partial charge in [-0.1, -0.05) is 27.7 Å². The number of carbonyl (C=O) groups excluding carboxylic acids is 2. The lowest BCUT2D eigenvalue weighted by molar-refractivity contribution is -0.125. The van der Waals surface area contributed by atoms with Crippen LogP contribution in [0.15, 0.2) is 18.2 Å². The highest BCUT2D eigenvalue weighted by Crippen LogP contribution is 2.32. The number of nitrogens with two attached hydrogens (primary N) is 1. The number of morpholine rings is 1. The third-order valence-corrected chi connectivity index (χ3v) is 4.79. The molecule has 1 fully saturated rings. The smallest absolute Gasteiger partial charge is 0.387 e. The number of amides is 2. The molecule has 1 aliphatic rings. The van der Waals surface area contributed by atoms with Gasteiger partial charge in [0.2, 0.25) is 5.91 Å². The predicted molar refractivity (Wildman–Crippen MR) is 114 cm³/mol. The Labute approximate surface area is 181 Å². The first-order chi connectivity index (χ1) is 14.6. The zero-order chi connectivity index (χ0) is 23.2. The third kappa shape index (κ3) is 7.12. The molecule has 1 saturated heterocycles. The molecule has 0 bridgehead atoms. The minimum absolute atomic E-state index is 0.0556. The van der Waals surface area contributed by atoms with E-state index in [0.29, 0.717) is 31.9 Å². The monoisotopic (exact) mass is 442 g/mol. The summed E-state index contributed by atoms with van der Waals surface area (Å²) in [5, 5.41) is 2.66. The summed E-state index contributed by atoms with van der Waals surface area (Å²) in [4.78, 5) is 28.4. The number of nitrogens with zero attached hydrogens (tertiary/aromatic N) is 2. The van der Waals surface area contributed by atoms with Crippen molar-refractivity contribution in [2.45, 2.75) is 40.3 Å². The molecule has 2 rings (SSSR count). The predicted octanol–water partition coefficient (Wildman–Crippen LogP) is 2.29. The van der Waals surface area contributed by atoms with Crippen molar-refractivity contribution >= 4 is 23.2 Å². The van der Waals surface area contributed by atoms with Crippen LogP contribution in [0.25, 0.3) is 0 Å². The summed E-state index contributed by atoms with van der Waals surface area (Å²) >= 11 is 0. The van der Waals surface area contributed by atoms with E-state index in [0.717, 1.165) is 0 Å². The Balaban J connectivity index is 2.26. The number of nitrogens with one attached hydrogen (secondary N) is 1. The molecule has 10 heteroatoms. The van der Waals surface area contributed by atoms with Crippen molar-refractivity contribution in [3.05, 3.63) is 18.2 Å². The molecular formula is C21H32F2N4O4. The first-order valence-corrected chi connectivity index (χ1v) is 10.3. The second kappa shape index (κ2) is 10.8. The third-order valence-electron chi connectivity index (χ3n) is 4.79. The van der Waals surface area contributed by atoms with Crippen LogP contribution in [0, 0.1) is 5.41 Å². The molecule has 1 aliphatic heterocycles. The van der Waals surface area contributed by atoms with Crippen LogP contribution in [0.2, 0.25) is 0 Å². The Hall–Kier alpha value is -2.30. The van der Waals surface area contributed by atoms with Gasteiger partial charge in [-0.15, -0.1) is 0 Å². The fraction of sp³-hybridized carbons (Fsp3) is 0.619. The SMILES string of the molecule is CCN(CC(C)(C)C)[C@H](CN)C(=O)Nc1ccc(N2CCOCC2=O)cc1OC(F)F. The lowest BCUT2D eigenvalue weighted by atomic mass is 9.95. The van der Waals surface area contributed by atoms with Crippen molar-refractivity contribution in [3.63, 3.8) is 0 Å². The van der Waals surface area contributed by atoms with Gasteiger partial charge in [-0.05, 0) is 24.1 Å². The molecule has 0 radical (unpaired) electrons. The number of halogens is 2. The van der Waals surface area contributed by atoms with Gasteiger partial charge in [-0.25, -0.2) is 0 Å². The van der Waals surface area contributed by atoms with E-state index in [-0.39, 0.29) is 35.9 Å². The number of anilines is 2. The highest BCUT2D eigenvalue weighted by atomic mass is 19.3. The minimum Gasteiger partial charge on any atom is -0.433 e. The van der Waals surface area contributed by atoms with E-state index in [1.807, 2.05) is 11.8 Å². The molecule has 1 aromatic rings. The molecular weight excluding hydrogens is 410 g/mol. The fourth-order valence-corrected chi connectivity index (χ4v) is 3.46. The van der Waals surface area contributed by atoms with Crippen molar-refractivity contribution in [2.24, 2.45) is 11.1 Å². The number of ether oxygens (including phenoxy) is 2. The van der Waals surface area contributed by atoms with Crippen LogP contribution in [0.3, 0.4) is 0 Å². The molecule has 1 heterocycles. The summed E-state index contributed by atoms with van der Waals surface area (Å²) in [5.74, 6) is -0.923. The highest BCUT2D eigenvalue weighted by molar-refractivity contribution is 5.98. The zero-order valence-corrected chi connectivity index (χ0v) is 18.5. The van der Waals surface area contributed by atoms with Crippen molar-refractivity contribution in [2.75, 3.05) is 49.6 Å². The number of hydrogen-bond donors (Lipinski definition) is 2. The summed E-state index contributed by atoms with van der Waals surface area (Å²) in [6.07, 6.45) is 0. The Bertz CT molecular complexity index is 770. The fourth-order valence-electron chi connectivity index (χ4n) is 3.46. The topological polar surface area (TPSA) is 97.1 Å². The maximum atomic E-state index is 13.0. The van der Waals surface area contributed by atoms with Gasteiger partial charge in [-0.2, -0.15) is 8.78 Å². The number of hydrogen-bond acceptors (Lipinski definition) is 6. The molecule has 1 atom stereocenters. The van der Waals surface area contributed by atoms with E-state index in [1.165, 1.54) is 17.0 Å². The molecule has 0 aliphatic carbocycles. The quantitative estimate of drug-likeness (QED) is 0.609. The van der Waals surface area contributed by atoms with E-state index in [1.54, 1.807) is 6.07 Å². The van der Waals surface area contributed by atoms with Crippen LogP contribution in [-0.4, -0.2) is 68.8 Å². The number of rotatable bonds is 9. The molecule has 3 N–H and O–H groups in total. The summed E-state index contributed by atoms with van der Waals surface area (Å²) in [6.45, 7) is 6.88. The molecule has 31 heavy (non-hydrogen) atoms.